The summed E-state index contributed by atoms with van der Waals surface area (Å²) in [7, 11) is 0. The number of fused-ring (bicyclic) bond motifs is 1. The van der Waals surface area contributed by atoms with Crippen molar-refractivity contribution in [2.24, 2.45) is 0 Å². The van der Waals surface area contributed by atoms with Crippen LogP contribution in [0.4, 0.5) is 8.78 Å². The average Bonchev–Trinajstić information content (AvgIpc) is 2.27. The Hall–Kier alpha value is -1.44. The summed E-state index contributed by atoms with van der Waals surface area (Å²) < 4.78 is 25.0. The van der Waals surface area contributed by atoms with Gasteiger partial charge in [-0.15, -0.1) is 0 Å². The minimum Gasteiger partial charge on any atom is -0.246 e. The molecule has 14 heavy (non-hydrogen) atoms. The Bertz CT molecular complexity index is 449. The average molecular weight is 192 g/mol. The molecule has 0 N–H and O–H groups in total. The standard InChI is InChI=1S/C12H10F2/c13-7-9-4-5-10-2-1-3-11(8-14)12(10)6-9/h1-6H,7-8H2. The third-order valence-corrected chi connectivity index (χ3v) is 2.34. The maximum atomic E-state index is 12.6. The molecule has 2 heteroatoms. The molecule has 0 aliphatic heterocycles. The van der Waals surface area contributed by atoms with Gasteiger partial charge in [0.15, 0.2) is 0 Å². The zero-order valence-electron chi connectivity index (χ0n) is 7.63. The van der Waals surface area contributed by atoms with E-state index in [0.29, 0.717) is 11.1 Å². The molecule has 0 bridgehead atoms. The van der Waals surface area contributed by atoms with E-state index in [1.807, 2.05) is 18.2 Å². The summed E-state index contributed by atoms with van der Waals surface area (Å²) in [6.45, 7) is -1.01. The highest BCUT2D eigenvalue weighted by molar-refractivity contribution is 5.86. The van der Waals surface area contributed by atoms with Crippen LogP contribution in [0.3, 0.4) is 0 Å². The molecule has 0 saturated heterocycles. The first-order valence-corrected chi connectivity index (χ1v) is 4.47. The SMILES string of the molecule is FCc1ccc2cccc(CF)c2c1. The molecule has 0 atom stereocenters. The Labute approximate surface area is 81.2 Å². The van der Waals surface area contributed by atoms with E-state index in [4.69, 9.17) is 0 Å². The monoisotopic (exact) mass is 192 g/mol. The van der Waals surface area contributed by atoms with E-state index in [1.165, 1.54) is 0 Å². The summed E-state index contributed by atoms with van der Waals surface area (Å²) in [6.07, 6.45) is 0. The summed E-state index contributed by atoms with van der Waals surface area (Å²) in [4.78, 5) is 0. The Morgan fingerprint density at radius 3 is 2.50 bits per heavy atom. The fourth-order valence-electron chi connectivity index (χ4n) is 1.58. The fourth-order valence-corrected chi connectivity index (χ4v) is 1.58. The molecule has 2 aromatic carbocycles. The highest BCUT2D eigenvalue weighted by Crippen LogP contribution is 2.21. The van der Waals surface area contributed by atoms with Crippen molar-refractivity contribution in [1.82, 2.24) is 0 Å². The van der Waals surface area contributed by atoms with Crippen LogP contribution < -0.4 is 0 Å². The molecule has 0 fully saturated rings. The Balaban J connectivity index is 2.70. The van der Waals surface area contributed by atoms with Crippen molar-refractivity contribution in [3.8, 4) is 0 Å². The molecule has 0 nitrogen and oxygen atoms in total. The van der Waals surface area contributed by atoms with Crippen LogP contribution >= 0.6 is 0 Å². The zero-order valence-corrected chi connectivity index (χ0v) is 7.63. The number of hydrogen-bond acceptors (Lipinski definition) is 0. The van der Waals surface area contributed by atoms with E-state index in [2.05, 4.69) is 0 Å². The fraction of sp³-hybridized carbons (Fsp3) is 0.167. The molecule has 0 aromatic heterocycles. The van der Waals surface area contributed by atoms with Crippen LogP contribution in [0.15, 0.2) is 36.4 Å². The largest absolute Gasteiger partial charge is 0.246 e. The molecule has 0 saturated carbocycles. The minimum atomic E-state index is -0.507. The molecule has 72 valence electrons. The highest BCUT2D eigenvalue weighted by atomic mass is 19.1. The van der Waals surface area contributed by atoms with Crippen molar-refractivity contribution in [2.45, 2.75) is 13.3 Å². The molecule has 0 amide bonds. The number of rotatable bonds is 2. The lowest BCUT2D eigenvalue weighted by atomic mass is 10.0. The van der Waals surface area contributed by atoms with Crippen molar-refractivity contribution < 1.29 is 8.78 Å². The van der Waals surface area contributed by atoms with Gasteiger partial charge in [-0.25, -0.2) is 8.78 Å². The van der Waals surface area contributed by atoms with Gasteiger partial charge in [-0.1, -0.05) is 30.3 Å². The molecule has 0 radical (unpaired) electrons. The third-order valence-electron chi connectivity index (χ3n) is 2.34. The summed E-state index contributed by atoms with van der Waals surface area (Å²) in [6, 6.07) is 10.7. The maximum Gasteiger partial charge on any atom is 0.115 e. The molecule has 0 heterocycles. The van der Waals surface area contributed by atoms with Crippen molar-refractivity contribution in [3.05, 3.63) is 47.5 Å². The molecule has 2 rings (SSSR count). The van der Waals surface area contributed by atoms with Crippen LogP contribution in [0.5, 0.6) is 0 Å². The van der Waals surface area contributed by atoms with Crippen molar-refractivity contribution in [1.29, 1.82) is 0 Å². The van der Waals surface area contributed by atoms with E-state index in [1.54, 1.807) is 18.2 Å². The van der Waals surface area contributed by atoms with Gasteiger partial charge >= 0.3 is 0 Å². The van der Waals surface area contributed by atoms with E-state index in [9.17, 15) is 8.78 Å². The Morgan fingerprint density at radius 1 is 0.929 bits per heavy atom. The molecule has 2 aromatic rings. The predicted octanol–water partition coefficient (Wildman–Crippen LogP) is 3.78. The van der Waals surface area contributed by atoms with Crippen LogP contribution in [0.25, 0.3) is 10.8 Å². The van der Waals surface area contributed by atoms with E-state index in [0.717, 1.165) is 10.8 Å². The second-order valence-electron chi connectivity index (χ2n) is 3.24. The van der Waals surface area contributed by atoms with Crippen LogP contribution in [0.1, 0.15) is 11.1 Å². The minimum absolute atomic E-state index is 0.503. The van der Waals surface area contributed by atoms with Crippen molar-refractivity contribution in [2.75, 3.05) is 0 Å². The molecule has 0 unspecified atom stereocenters. The third kappa shape index (κ3) is 1.48. The molecule has 0 aliphatic rings. The predicted molar refractivity (Wildman–Crippen MR) is 53.6 cm³/mol. The number of hydrogen-bond donors (Lipinski definition) is 0. The number of halogens is 2. The molecule has 0 aliphatic carbocycles. The number of alkyl halides is 2. The van der Waals surface area contributed by atoms with Crippen LogP contribution in [-0.4, -0.2) is 0 Å². The Kier molecular flexibility index (Phi) is 2.44. The van der Waals surface area contributed by atoms with Gasteiger partial charge in [-0.2, -0.15) is 0 Å². The van der Waals surface area contributed by atoms with Gasteiger partial charge in [0.25, 0.3) is 0 Å². The van der Waals surface area contributed by atoms with Gasteiger partial charge in [-0.3, -0.25) is 0 Å². The zero-order chi connectivity index (χ0) is 9.97. The molecular formula is C12H10F2. The number of benzene rings is 2. The first-order chi connectivity index (χ1) is 6.85. The highest BCUT2D eigenvalue weighted by Gasteiger charge is 2.01. The van der Waals surface area contributed by atoms with E-state index in [-0.39, 0.29) is 0 Å². The normalized spacial score (nSPS) is 10.7. The van der Waals surface area contributed by atoms with Crippen molar-refractivity contribution >= 4 is 10.8 Å². The maximum absolute atomic E-state index is 12.6. The van der Waals surface area contributed by atoms with Gasteiger partial charge in [0.2, 0.25) is 0 Å². The first-order valence-electron chi connectivity index (χ1n) is 4.47. The van der Waals surface area contributed by atoms with Crippen molar-refractivity contribution in [3.63, 3.8) is 0 Å². The summed E-state index contributed by atoms with van der Waals surface area (Å²) in [5.41, 5.74) is 1.22. The van der Waals surface area contributed by atoms with E-state index < -0.39 is 13.3 Å². The summed E-state index contributed by atoms with van der Waals surface area (Å²) >= 11 is 0. The topological polar surface area (TPSA) is 0 Å². The van der Waals surface area contributed by atoms with Gasteiger partial charge in [0, 0.05) is 0 Å². The quantitative estimate of drug-likeness (QED) is 0.679. The Morgan fingerprint density at radius 2 is 1.79 bits per heavy atom. The van der Waals surface area contributed by atoms with E-state index >= 15 is 0 Å². The molecule has 0 spiro atoms. The lowest BCUT2D eigenvalue weighted by Crippen LogP contribution is -1.85. The van der Waals surface area contributed by atoms with Gasteiger partial charge < -0.3 is 0 Å². The van der Waals surface area contributed by atoms with Gasteiger partial charge in [0.05, 0.1) is 0 Å². The first kappa shape index (κ1) is 9.13. The van der Waals surface area contributed by atoms with Crippen LogP contribution in [0.2, 0.25) is 0 Å². The lowest BCUT2D eigenvalue weighted by Gasteiger charge is -2.04. The van der Waals surface area contributed by atoms with Gasteiger partial charge in [0.1, 0.15) is 13.3 Å². The molecular weight excluding hydrogens is 182 g/mol. The lowest BCUT2D eigenvalue weighted by molar-refractivity contribution is 0.484. The van der Waals surface area contributed by atoms with Crippen LogP contribution in [0, 0.1) is 0 Å². The summed E-state index contributed by atoms with van der Waals surface area (Å²) in [5, 5.41) is 1.77. The second-order valence-corrected chi connectivity index (χ2v) is 3.24. The summed E-state index contributed by atoms with van der Waals surface area (Å²) in [5.74, 6) is 0. The smallest absolute Gasteiger partial charge is 0.115 e. The van der Waals surface area contributed by atoms with Gasteiger partial charge in [-0.05, 0) is 28.0 Å². The second kappa shape index (κ2) is 3.74. The van der Waals surface area contributed by atoms with Crippen LogP contribution in [-0.2, 0) is 13.3 Å².